The summed E-state index contributed by atoms with van der Waals surface area (Å²) in [7, 11) is 0. The Balaban J connectivity index is 1.87. The maximum Gasteiger partial charge on any atom is 0.262 e. The van der Waals surface area contributed by atoms with Crippen LogP contribution < -0.4 is 10.1 Å². The number of halogens is 1. The number of aryl methyl sites for hydroxylation is 1. The average molecular weight is 393 g/mol. The molecule has 1 aliphatic rings. The van der Waals surface area contributed by atoms with Gasteiger partial charge < -0.3 is 10.1 Å². The van der Waals surface area contributed by atoms with E-state index < -0.39 is 0 Å². The van der Waals surface area contributed by atoms with E-state index in [2.05, 4.69) is 19.2 Å². The molecule has 1 amide bonds. The van der Waals surface area contributed by atoms with Crippen molar-refractivity contribution in [3.63, 3.8) is 0 Å². The fourth-order valence-electron chi connectivity index (χ4n) is 3.62. The predicted octanol–water partition coefficient (Wildman–Crippen LogP) is 5.04. The van der Waals surface area contributed by atoms with Crippen LogP contribution in [0.2, 0.25) is 0 Å². The molecule has 1 aromatic heterocycles. The number of ether oxygens (including phenoxy) is 1. The molecule has 29 heavy (non-hydrogen) atoms. The molecule has 0 saturated heterocycles. The normalized spacial score (nSPS) is 14.1. The molecule has 0 radical (unpaired) electrons. The zero-order valence-electron chi connectivity index (χ0n) is 16.8. The molecule has 1 atom stereocenters. The van der Waals surface area contributed by atoms with Gasteiger partial charge in [-0.05, 0) is 54.8 Å². The summed E-state index contributed by atoms with van der Waals surface area (Å²) in [4.78, 5) is 11.7. The highest BCUT2D eigenvalue weighted by Gasteiger charge is 2.22. The number of carbonyl (C=O) groups is 1. The molecular weight excluding hydrogens is 369 g/mol. The monoisotopic (exact) mass is 393 g/mol. The van der Waals surface area contributed by atoms with Crippen molar-refractivity contribution < 1.29 is 13.9 Å². The van der Waals surface area contributed by atoms with Gasteiger partial charge in [0, 0.05) is 17.7 Å². The Labute approximate surface area is 169 Å². The Bertz CT molecular complexity index is 1060. The van der Waals surface area contributed by atoms with Crippen LogP contribution in [0.5, 0.6) is 5.75 Å². The van der Waals surface area contributed by atoms with E-state index in [4.69, 9.17) is 9.84 Å². The van der Waals surface area contributed by atoms with Gasteiger partial charge in [0.15, 0.2) is 6.61 Å². The summed E-state index contributed by atoms with van der Waals surface area (Å²) in [5.41, 5.74) is 5.30. The lowest BCUT2D eigenvalue weighted by Crippen LogP contribution is -2.25. The van der Waals surface area contributed by atoms with Gasteiger partial charge in [0.2, 0.25) is 0 Å². The lowest BCUT2D eigenvalue weighted by atomic mass is 9.97. The van der Waals surface area contributed by atoms with Crippen molar-refractivity contribution in [3.8, 4) is 28.1 Å². The zero-order chi connectivity index (χ0) is 20.5. The first-order chi connectivity index (χ1) is 14.0. The molecule has 0 bridgehead atoms. The standard InChI is InChI=1S/C23H24FN3O2/c1-4-14(2)12-27-23(16-5-8-18(24)9-6-16)22(15(3)26-27)17-7-10-20-19(11-17)25-21(28)13-29-20/h5-11,14H,4,12-13H2,1-3H3,(H,25,28). The molecule has 0 spiro atoms. The number of carbonyl (C=O) groups excluding carboxylic acids is 1. The molecule has 150 valence electrons. The molecular formula is C23H24FN3O2. The first kappa shape index (κ1) is 19.2. The number of hydrogen-bond donors (Lipinski definition) is 1. The third-order valence-electron chi connectivity index (χ3n) is 5.33. The average Bonchev–Trinajstić information content (AvgIpc) is 3.03. The Morgan fingerprint density at radius 2 is 1.93 bits per heavy atom. The third-order valence-corrected chi connectivity index (χ3v) is 5.33. The van der Waals surface area contributed by atoms with E-state index in [0.29, 0.717) is 17.4 Å². The number of amides is 1. The summed E-state index contributed by atoms with van der Waals surface area (Å²) in [5, 5.41) is 7.67. The number of hydrogen-bond acceptors (Lipinski definition) is 3. The molecule has 6 heteroatoms. The van der Waals surface area contributed by atoms with E-state index >= 15 is 0 Å². The predicted molar refractivity (Wildman–Crippen MR) is 111 cm³/mol. The summed E-state index contributed by atoms with van der Waals surface area (Å²) in [6, 6.07) is 12.3. The van der Waals surface area contributed by atoms with Crippen LogP contribution in [-0.4, -0.2) is 22.3 Å². The second-order valence-electron chi connectivity index (χ2n) is 7.56. The van der Waals surface area contributed by atoms with Gasteiger partial charge in [0.25, 0.3) is 5.91 Å². The Kier molecular flexibility index (Phi) is 5.09. The van der Waals surface area contributed by atoms with Crippen molar-refractivity contribution in [3.05, 3.63) is 54.0 Å². The molecule has 0 saturated carbocycles. The van der Waals surface area contributed by atoms with Gasteiger partial charge in [-0.15, -0.1) is 0 Å². The van der Waals surface area contributed by atoms with E-state index in [9.17, 15) is 9.18 Å². The maximum absolute atomic E-state index is 13.5. The highest BCUT2D eigenvalue weighted by molar-refractivity contribution is 5.97. The molecule has 5 nitrogen and oxygen atoms in total. The van der Waals surface area contributed by atoms with E-state index in [-0.39, 0.29) is 18.3 Å². The van der Waals surface area contributed by atoms with Crippen LogP contribution in [0.25, 0.3) is 22.4 Å². The second kappa shape index (κ2) is 7.70. The van der Waals surface area contributed by atoms with Gasteiger partial charge in [0.1, 0.15) is 11.6 Å². The summed E-state index contributed by atoms with van der Waals surface area (Å²) in [5.74, 6) is 0.671. The first-order valence-corrected chi connectivity index (χ1v) is 9.86. The number of fused-ring (bicyclic) bond motifs is 1. The SMILES string of the molecule is CCC(C)Cn1nc(C)c(-c2ccc3c(c2)NC(=O)CO3)c1-c1ccc(F)cc1. The van der Waals surface area contributed by atoms with Crippen molar-refractivity contribution >= 4 is 11.6 Å². The summed E-state index contributed by atoms with van der Waals surface area (Å²) < 4.78 is 21.0. The highest BCUT2D eigenvalue weighted by Crippen LogP contribution is 2.39. The van der Waals surface area contributed by atoms with Crippen LogP contribution in [0.1, 0.15) is 26.0 Å². The van der Waals surface area contributed by atoms with E-state index in [1.807, 2.05) is 29.8 Å². The minimum Gasteiger partial charge on any atom is -0.482 e. The van der Waals surface area contributed by atoms with Gasteiger partial charge in [-0.25, -0.2) is 4.39 Å². The van der Waals surface area contributed by atoms with Crippen molar-refractivity contribution in [2.45, 2.75) is 33.7 Å². The second-order valence-corrected chi connectivity index (χ2v) is 7.56. The molecule has 0 aliphatic carbocycles. The Morgan fingerprint density at radius 1 is 1.21 bits per heavy atom. The van der Waals surface area contributed by atoms with Gasteiger partial charge in [-0.3, -0.25) is 9.48 Å². The highest BCUT2D eigenvalue weighted by atomic mass is 19.1. The summed E-state index contributed by atoms with van der Waals surface area (Å²) in [6.45, 7) is 7.13. The molecule has 0 fully saturated rings. The molecule has 3 aromatic rings. The lowest BCUT2D eigenvalue weighted by Gasteiger charge is -2.19. The van der Waals surface area contributed by atoms with Crippen LogP contribution in [-0.2, 0) is 11.3 Å². The van der Waals surface area contributed by atoms with Crippen LogP contribution in [0.3, 0.4) is 0 Å². The number of nitrogens with one attached hydrogen (secondary N) is 1. The maximum atomic E-state index is 13.5. The topological polar surface area (TPSA) is 56.2 Å². The third kappa shape index (κ3) is 3.75. The number of aromatic nitrogens is 2. The van der Waals surface area contributed by atoms with Crippen LogP contribution in [0, 0.1) is 18.7 Å². The van der Waals surface area contributed by atoms with Gasteiger partial charge in [-0.1, -0.05) is 26.3 Å². The van der Waals surface area contributed by atoms with Gasteiger partial charge in [-0.2, -0.15) is 5.10 Å². The quantitative estimate of drug-likeness (QED) is 0.661. The Morgan fingerprint density at radius 3 is 2.66 bits per heavy atom. The van der Waals surface area contributed by atoms with E-state index in [1.54, 1.807) is 12.1 Å². The Hall–Kier alpha value is -3.15. The molecule has 1 unspecified atom stereocenters. The largest absolute Gasteiger partial charge is 0.482 e. The number of nitrogens with zero attached hydrogens (tertiary/aromatic N) is 2. The molecule has 1 aliphatic heterocycles. The van der Waals surface area contributed by atoms with Gasteiger partial charge in [0.05, 0.1) is 17.1 Å². The fourth-order valence-corrected chi connectivity index (χ4v) is 3.62. The van der Waals surface area contributed by atoms with Crippen molar-refractivity contribution in [2.24, 2.45) is 5.92 Å². The molecule has 2 heterocycles. The van der Waals surface area contributed by atoms with Crippen molar-refractivity contribution in [2.75, 3.05) is 11.9 Å². The zero-order valence-corrected chi connectivity index (χ0v) is 16.8. The summed E-state index contributed by atoms with van der Waals surface area (Å²) >= 11 is 0. The minimum atomic E-state index is -0.270. The first-order valence-electron chi connectivity index (χ1n) is 9.86. The van der Waals surface area contributed by atoms with Gasteiger partial charge >= 0.3 is 0 Å². The smallest absolute Gasteiger partial charge is 0.262 e. The van der Waals surface area contributed by atoms with Crippen LogP contribution >= 0.6 is 0 Å². The van der Waals surface area contributed by atoms with Crippen LogP contribution in [0.4, 0.5) is 10.1 Å². The minimum absolute atomic E-state index is 0.0268. The van der Waals surface area contributed by atoms with E-state index in [0.717, 1.165) is 41.0 Å². The van der Waals surface area contributed by atoms with Crippen LogP contribution in [0.15, 0.2) is 42.5 Å². The summed E-state index contributed by atoms with van der Waals surface area (Å²) in [6.07, 6.45) is 1.04. The fraction of sp³-hybridized carbons (Fsp3) is 0.304. The molecule has 4 rings (SSSR count). The molecule has 2 aromatic carbocycles. The lowest BCUT2D eigenvalue weighted by molar-refractivity contribution is -0.118. The molecule has 1 N–H and O–H groups in total. The number of anilines is 1. The number of benzene rings is 2. The van der Waals surface area contributed by atoms with E-state index in [1.165, 1.54) is 12.1 Å². The van der Waals surface area contributed by atoms with Crippen molar-refractivity contribution in [1.82, 2.24) is 9.78 Å². The number of rotatable bonds is 5. The van der Waals surface area contributed by atoms with Crippen molar-refractivity contribution in [1.29, 1.82) is 0 Å².